The summed E-state index contributed by atoms with van der Waals surface area (Å²) in [7, 11) is 1.22. The van der Waals surface area contributed by atoms with Gasteiger partial charge in [0.2, 0.25) is 5.75 Å². The van der Waals surface area contributed by atoms with Crippen molar-refractivity contribution in [3.8, 4) is 11.5 Å². The number of nitro groups is 1. The van der Waals surface area contributed by atoms with Gasteiger partial charge in [-0.3, -0.25) is 19.7 Å². The van der Waals surface area contributed by atoms with Gasteiger partial charge in [-0.25, -0.2) is 5.43 Å². The third-order valence-electron chi connectivity index (χ3n) is 4.39. The molecule has 0 heterocycles. The Morgan fingerprint density at radius 1 is 1.12 bits per heavy atom. The number of carbonyl (C=O) groups excluding carboxylic acids is 2. The van der Waals surface area contributed by atoms with E-state index in [0.29, 0.717) is 0 Å². The molecule has 1 amide bonds. The summed E-state index contributed by atoms with van der Waals surface area (Å²) in [6.07, 6.45) is 1.12. The van der Waals surface area contributed by atoms with Gasteiger partial charge in [0.25, 0.3) is 5.91 Å². The van der Waals surface area contributed by atoms with Crippen LogP contribution in [0, 0.1) is 10.1 Å². The van der Waals surface area contributed by atoms with Gasteiger partial charge < -0.3 is 14.8 Å². The lowest BCUT2D eigenvalue weighted by Crippen LogP contribution is -2.26. The molecule has 0 aliphatic rings. The molecule has 0 bridgehead atoms. The number of rotatable bonds is 8. The minimum atomic E-state index is -0.683. The number of amides is 1. The molecule has 0 saturated heterocycles. The molecule has 32 heavy (non-hydrogen) atoms. The van der Waals surface area contributed by atoms with Crippen LogP contribution in [0.5, 0.6) is 11.5 Å². The Bertz CT molecular complexity index is 1200. The van der Waals surface area contributed by atoms with Crippen molar-refractivity contribution in [1.29, 1.82) is 0 Å². The molecular formula is C22H20N4O6. The van der Waals surface area contributed by atoms with Crippen molar-refractivity contribution in [2.45, 2.75) is 6.92 Å². The number of nitrogens with one attached hydrogen (secondary N) is 2. The summed E-state index contributed by atoms with van der Waals surface area (Å²) in [5.74, 6) is -1.41. The maximum Gasteiger partial charge on any atom is 0.323 e. The lowest BCUT2D eigenvalue weighted by atomic mass is 10.1. The number of fused-ring (bicyclic) bond motifs is 1. The van der Waals surface area contributed by atoms with E-state index in [1.807, 2.05) is 42.5 Å². The fraction of sp³-hybridized carbons (Fsp3) is 0.136. The summed E-state index contributed by atoms with van der Waals surface area (Å²) < 4.78 is 9.99. The number of esters is 1. The van der Waals surface area contributed by atoms with E-state index >= 15 is 0 Å². The van der Waals surface area contributed by atoms with Gasteiger partial charge in [0.1, 0.15) is 0 Å². The lowest BCUT2D eigenvalue weighted by Gasteiger charge is -2.10. The van der Waals surface area contributed by atoms with E-state index < -0.39 is 22.5 Å². The van der Waals surface area contributed by atoms with Gasteiger partial charge in [-0.15, -0.1) is 0 Å². The molecule has 0 unspecified atom stereocenters. The average molecular weight is 436 g/mol. The van der Waals surface area contributed by atoms with Gasteiger partial charge >= 0.3 is 11.7 Å². The second-order valence-corrected chi connectivity index (χ2v) is 6.56. The van der Waals surface area contributed by atoms with E-state index in [4.69, 9.17) is 9.47 Å². The van der Waals surface area contributed by atoms with Crippen LogP contribution in [0.1, 0.15) is 12.5 Å². The minimum Gasteiger partial charge on any atom is -0.488 e. The molecule has 0 spiro atoms. The maximum atomic E-state index is 12.2. The molecule has 0 fully saturated rings. The number of nitro benzene ring substituents is 1. The number of carbonyl (C=O) groups is 2. The Hall–Kier alpha value is -4.47. The topological polar surface area (TPSA) is 132 Å². The van der Waals surface area contributed by atoms with E-state index in [1.165, 1.54) is 26.2 Å². The minimum absolute atomic E-state index is 0.0534. The molecule has 0 atom stereocenters. The molecule has 164 valence electrons. The highest BCUT2D eigenvalue weighted by molar-refractivity contribution is 5.95. The van der Waals surface area contributed by atoms with Crippen LogP contribution in [0.3, 0.4) is 0 Å². The third kappa shape index (κ3) is 5.17. The predicted molar refractivity (Wildman–Crippen MR) is 119 cm³/mol. The van der Waals surface area contributed by atoms with Crippen molar-refractivity contribution >= 4 is 40.2 Å². The molecular weight excluding hydrogens is 416 g/mol. The van der Waals surface area contributed by atoms with Crippen LogP contribution in [0.15, 0.2) is 59.7 Å². The van der Waals surface area contributed by atoms with Crippen molar-refractivity contribution in [1.82, 2.24) is 5.43 Å². The number of benzene rings is 3. The number of hydrogen-bond donors (Lipinski definition) is 2. The summed E-state index contributed by atoms with van der Waals surface area (Å²) in [6.45, 7) is 1.12. The number of methoxy groups -OCH3 is 1. The number of hydrogen-bond acceptors (Lipinski definition) is 8. The Morgan fingerprint density at radius 3 is 2.59 bits per heavy atom. The van der Waals surface area contributed by atoms with Crippen molar-refractivity contribution in [2.24, 2.45) is 5.10 Å². The summed E-state index contributed by atoms with van der Waals surface area (Å²) >= 11 is 0. The van der Waals surface area contributed by atoms with Gasteiger partial charge in [0, 0.05) is 18.0 Å². The maximum absolute atomic E-state index is 12.2. The third-order valence-corrected chi connectivity index (χ3v) is 4.39. The first-order valence-corrected chi connectivity index (χ1v) is 9.48. The first-order chi connectivity index (χ1) is 15.4. The molecule has 3 aromatic carbocycles. The number of ether oxygens (including phenoxy) is 2. The summed E-state index contributed by atoms with van der Waals surface area (Å²) in [5, 5.41) is 20.4. The van der Waals surface area contributed by atoms with E-state index in [2.05, 4.69) is 15.8 Å². The monoisotopic (exact) mass is 436 g/mol. The molecule has 3 rings (SSSR count). The molecule has 0 saturated carbocycles. The van der Waals surface area contributed by atoms with Crippen molar-refractivity contribution in [2.75, 3.05) is 19.0 Å². The van der Waals surface area contributed by atoms with Crippen LogP contribution in [0.25, 0.3) is 10.8 Å². The van der Waals surface area contributed by atoms with Gasteiger partial charge in [0.15, 0.2) is 5.75 Å². The van der Waals surface area contributed by atoms with Crippen LogP contribution in [-0.4, -0.2) is 36.7 Å². The van der Waals surface area contributed by atoms with Crippen molar-refractivity contribution < 1.29 is 24.0 Å². The Morgan fingerprint density at radius 2 is 1.88 bits per heavy atom. The fourth-order valence-corrected chi connectivity index (χ4v) is 3.06. The molecule has 3 aromatic rings. The standard InChI is InChI=1S/C22H20N4O6/c1-14(27)32-19-11-10-16(21(26(29)30)22(19)31-2)12-24-25-20(28)13-23-18-9-5-7-15-6-3-4-8-17(15)18/h3-12,23H,13H2,1-2H3,(H,25,28). The zero-order valence-electron chi connectivity index (χ0n) is 17.3. The van der Waals surface area contributed by atoms with Crippen LogP contribution in [0.2, 0.25) is 0 Å². The molecule has 2 N–H and O–H groups in total. The number of anilines is 1. The first kappa shape index (κ1) is 22.2. The highest BCUT2D eigenvalue weighted by atomic mass is 16.6. The van der Waals surface area contributed by atoms with Crippen LogP contribution in [-0.2, 0) is 9.59 Å². The van der Waals surface area contributed by atoms with Crippen LogP contribution in [0.4, 0.5) is 11.4 Å². The SMILES string of the molecule is COc1c(OC(C)=O)ccc(C=NNC(=O)CNc2cccc3ccccc23)c1[N+](=O)[O-]. The van der Waals surface area contributed by atoms with E-state index in [0.717, 1.165) is 22.7 Å². The summed E-state index contributed by atoms with van der Waals surface area (Å²) in [5.41, 5.74) is 2.73. The second kappa shape index (κ2) is 10.0. The zero-order chi connectivity index (χ0) is 23.1. The molecule has 0 radical (unpaired) electrons. The van der Waals surface area contributed by atoms with Gasteiger partial charge in [-0.2, -0.15) is 5.10 Å². The van der Waals surface area contributed by atoms with Crippen LogP contribution >= 0.6 is 0 Å². The number of nitrogens with zero attached hydrogens (tertiary/aromatic N) is 2. The molecule has 0 aromatic heterocycles. The quantitative estimate of drug-likeness (QED) is 0.182. The van der Waals surface area contributed by atoms with Crippen molar-refractivity contribution in [3.63, 3.8) is 0 Å². The van der Waals surface area contributed by atoms with E-state index in [1.54, 1.807) is 0 Å². The fourth-order valence-electron chi connectivity index (χ4n) is 3.06. The first-order valence-electron chi connectivity index (χ1n) is 9.48. The van der Waals surface area contributed by atoms with Gasteiger partial charge in [0.05, 0.1) is 30.4 Å². The molecule has 10 nitrogen and oxygen atoms in total. The predicted octanol–water partition coefficient (Wildman–Crippen LogP) is 3.24. The van der Waals surface area contributed by atoms with E-state index in [-0.39, 0.29) is 23.6 Å². The lowest BCUT2D eigenvalue weighted by molar-refractivity contribution is -0.385. The number of hydrazone groups is 1. The highest BCUT2D eigenvalue weighted by Crippen LogP contribution is 2.39. The normalized spacial score (nSPS) is 10.7. The molecule has 0 aliphatic heterocycles. The Labute approximate surface area is 183 Å². The Kier molecular flexibility index (Phi) is 6.96. The largest absolute Gasteiger partial charge is 0.488 e. The second-order valence-electron chi connectivity index (χ2n) is 6.56. The smallest absolute Gasteiger partial charge is 0.323 e. The van der Waals surface area contributed by atoms with Crippen molar-refractivity contribution in [3.05, 3.63) is 70.3 Å². The molecule has 10 heteroatoms. The Balaban J connectivity index is 1.70. The van der Waals surface area contributed by atoms with Gasteiger partial charge in [-0.05, 0) is 23.6 Å². The molecule has 0 aliphatic carbocycles. The zero-order valence-corrected chi connectivity index (χ0v) is 17.3. The van der Waals surface area contributed by atoms with Crippen LogP contribution < -0.4 is 20.2 Å². The summed E-state index contributed by atoms with van der Waals surface area (Å²) in [4.78, 5) is 34.2. The highest BCUT2D eigenvalue weighted by Gasteiger charge is 2.25. The van der Waals surface area contributed by atoms with E-state index in [9.17, 15) is 19.7 Å². The average Bonchev–Trinajstić information content (AvgIpc) is 2.77. The summed E-state index contributed by atoms with van der Waals surface area (Å²) in [6, 6.07) is 16.1. The van der Waals surface area contributed by atoms with Gasteiger partial charge in [-0.1, -0.05) is 36.4 Å².